The van der Waals surface area contributed by atoms with Crippen LogP contribution in [0.3, 0.4) is 0 Å². The van der Waals surface area contributed by atoms with Crippen LogP contribution in [-0.2, 0) is 13.1 Å². The van der Waals surface area contributed by atoms with Crippen molar-refractivity contribution in [3.8, 4) is 17.2 Å². The van der Waals surface area contributed by atoms with Crippen LogP contribution in [0.2, 0.25) is 0 Å². The fraction of sp³-hybridized carbons (Fsp3) is 0.227. The highest BCUT2D eigenvalue weighted by atomic mass is 16.5. The number of rotatable bonds is 2. The molecule has 146 valence electrons. The fourth-order valence-electron chi connectivity index (χ4n) is 3.66. The van der Waals surface area contributed by atoms with Crippen LogP contribution in [0, 0.1) is 13.8 Å². The third-order valence-electron chi connectivity index (χ3n) is 4.95. The zero-order valence-corrected chi connectivity index (χ0v) is 16.5. The number of anilines is 1. The van der Waals surface area contributed by atoms with Gasteiger partial charge in [-0.05, 0) is 19.1 Å². The van der Waals surface area contributed by atoms with Crippen molar-refractivity contribution in [3.05, 3.63) is 65.3 Å². The molecule has 0 amide bonds. The lowest BCUT2D eigenvalue weighted by Crippen LogP contribution is -2.26. The van der Waals surface area contributed by atoms with Crippen LogP contribution in [0.4, 0.5) is 5.82 Å². The van der Waals surface area contributed by atoms with Crippen molar-refractivity contribution in [2.45, 2.75) is 26.9 Å². The first-order chi connectivity index (χ1) is 14.1. The van der Waals surface area contributed by atoms with Gasteiger partial charge >= 0.3 is 0 Å². The van der Waals surface area contributed by atoms with Gasteiger partial charge in [0.15, 0.2) is 28.7 Å². The lowest BCUT2D eigenvalue weighted by molar-refractivity contribution is 0.372. The molecule has 7 nitrogen and oxygen atoms in total. The van der Waals surface area contributed by atoms with Crippen LogP contribution in [0.25, 0.3) is 11.2 Å². The van der Waals surface area contributed by atoms with E-state index in [1.807, 2.05) is 50.2 Å². The van der Waals surface area contributed by atoms with Crippen LogP contribution in [-0.4, -0.2) is 22.1 Å². The number of hydrogen-bond donors (Lipinski definition) is 0. The summed E-state index contributed by atoms with van der Waals surface area (Å²) >= 11 is 0. The van der Waals surface area contributed by atoms with E-state index >= 15 is 0 Å². The Morgan fingerprint density at radius 1 is 0.931 bits per heavy atom. The van der Waals surface area contributed by atoms with Crippen molar-refractivity contribution in [1.82, 2.24) is 15.0 Å². The minimum atomic E-state index is 0.502. The molecule has 0 saturated heterocycles. The summed E-state index contributed by atoms with van der Waals surface area (Å²) in [5.74, 6) is 4.15. The van der Waals surface area contributed by atoms with Gasteiger partial charge in [0.05, 0.1) is 7.11 Å². The molecule has 1 aliphatic rings. The second-order valence-electron chi connectivity index (χ2n) is 7.00. The second-order valence-corrected chi connectivity index (χ2v) is 7.00. The van der Waals surface area contributed by atoms with E-state index < -0.39 is 0 Å². The predicted octanol–water partition coefficient (Wildman–Crippen LogP) is 4.56. The standard InChI is InChI=1S/C22H20N4O3/c1-13-23-21(19-22(24-13)28-14(2)25-19)26-11-15-7-4-5-9-17(15)29-20-16(12-26)8-6-10-18(20)27-3/h4-10H,11-12H2,1-3H3. The van der Waals surface area contributed by atoms with Gasteiger partial charge in [-0.2, -0.15) is 4.98 Å². The molecule has 0 radical (unpaired) electrons. The van der Waals surface area contributed by atoms with E-state index in [1.165, 1.54) is 0 Å². The SMILES string of the molecule is COc1cccc2c1Oc1ccccc1CN(c1nc(C)nc3oc(C)nc13)C2. The van der Waals surface area contributed by atoms with Crippen molar-refractivity contribution < 1.29 is 13.9 Å². The summed E-state index contributed by atoms with van der Waals surface area (Å²) < 4.78 is 17.5. The van der Waals surface area contributed by atoms with E-state index in [1.54, 1.807) is 7.11 Å². The monoisotopic (exact) mass is 388 g/mol. The first-order valence-corrected chi connectivity index (χ1v) is 9.41. The molecule has 2 aromatic heterocycles. The molecule has 29 heavy (non-hydrogen) atoms. The fourth-order valence-corrected chi connectivity index (χ4v) is 3.66. The third kappa shape index (κ3) is 3.04. The summed E-state index contributed by atoms with van der Waals surface area (Å²) in [7, 11) is 1.65. The Kier molecular flexibility index (Phi) is 4.08. The van der Waals surface area contributed by atoms with Crippen LogP contribution in [0.15, 0.2) is 46.9 Å². The first-order valence-electron chi connectivity index (χ1n) is 9.41. The molecule has 7 heteroatoms. The van der Waals surface area contributed by atoms with E-state index in [9.17, 15) is 0 Å². The maximum absolute atomic E-state index is 6.29. The maximum atomic E-state index is 6.29. The van der Waals surface area contributed by atoms with Crippen molar-refractivity contribution in [1.29, 1.82) is 0 Å². The van der Waals surface area contributed by atoms with Gasteiger partial charge in [0.25, 0.3) is 5.71 Å². The predicted molar refractivity (Wildman–Crippen MR) is 108 cm³/mol. The molecule has 2 aromatic carbocycles. The number of benzene rings is 2. The zero-order valence-electron chi connectivity index (χ0n) is 16.5. The van der Waals surface area contributed by atoms with Crippen molar-refractivity contribution in [3.63, 3.8) is 0 Å². The Hall–Kier alpha value is -3.61. The molecule has 0 aliphatic carbocycles. The lowest BCUT2D eigenvalue weighted by Gasteiger charge is -2.29. The summed E-state index contributed by atoms with van der Waals surface area (Å²) in [6.45, 7) is 4.87. The van der Waals surface area contributed by atoms with Gasteiger partial charge in [-0.3, -0.25) is 0 Å². The van der Waals surface area contributed by atoms with Gasteiger partial charge in [0, 0.05) is 31.1 Å². The lowest BCUT2D eigenvalue weighted by atomic mass is 10.1. The van der Waals surface area contributed by atoms with Gasteiger partial charge < -0.3 is 18.8 Å². The number of methoxy groups -OCH3 is 1. The molecule has 3 heterocycles. The van der Waals surface area contributed by atoms with E-state index in [4.69, 9.17) is 18.9 Å². The summed E-state index contributed by atoms with van der Waals surface area (Å²) in [5, 5.41) is 0. The molecular weight excluding hydrogens is 368 g/mol. The number of aryl methyl sites for hydroxylation is 2. The molecule has 0 atom stereocenters. The van der Waals surface area contributed by atoms with E-state index in [2.05, 4.69) is 20.9 Å². The molecule has 1 aliphatic heterocycles. The molecule has 0 unspecified atom stereocenters. The van der Waals surface area contributed by atoms with Gasteiger partial charge in [0.1, 0.15) is 11.6 Å². The summed E-state index contributed by atoms with van der Waals surface area (Å²) in [4.78, 5) is 15.8. The molecule has 4 aromatic rings. The van der Waals surface area contributed by atoms with Gasteiger partial charge in [-0.25, -0.2) is 9.97 Å². The molecule has 0 bridgehead atoms. The summed E-state index contributed by atoms with van der Waals surface area (Å²) in [6.07, 6.45) is 0. The van der Waals surface area contributed by atoms with Crippen molar-refractivity contribution >= 4 is 17.0 Å². The van der Waals surface area contributed by atoms with Gasteiger partial charge in [-0.15, -0.1) is 0 Å². The summed E-state index contributed by atoms with van der Waals surface area (Å²) in [6, 6.07) is 13.9. The highest BCUT2D eigenvalue weighted by Gasteiger charge is 2.25. The Bertz CT molecular complexity index is 1220. The van der Waals surface area contributed by atoms with Crippen LogP contribution < -0.4 is 14.4 Å². The molecule has 0 spiro atoms. The van der Waals surface area contributed by atoms with Gasteiger partial charge in [-0.1, -0.05) is 30.3 Å². The number of hydrogen-bond acceptors (Lipinski definition) is 7. The second kappa shape index (κ2) is 6.77. The first kappa shape index (κ1) is 17.5. The average molecular weight is 388 g/mol. The normalized spacial score (nSPS) is 13.3. The quantitative estimate of drug-likeness (QED) is 0.498. The van der Waals surface area contributed by atoms with Crippen molar-refractivity contribution in [2.24, 2.45) is 0 Å². The Balaban J connectivity index is 1.72. The minimum Gasteiger partial charge on any atom is -0.493 e. The highest BCUT2D eigenvalue weighted by molar-refractivity contribution is 5.82. The zero-order chi connectivity index (χ0) is 20.0. The maximum Gasteiger partial charge on any atom is 0.252 e. The van der Waals surface area contributed by atoms with Crippen LogP contribution >= 0.6 is 0 Å². The van der Waals surface area contributed by atoms with Crippen molar-refractivity contribution in [2.75, 3.05) is 12.0 Å². The number of aromatic nitrogens is 3. The number of oxazole rings is 1. The smallest absolute Gasteiger partial charge is 0.252 e. The molecule has 5 rings (SSSR count). The number of ether oxygens (including phenoxy) is 2. The van der Waals surface area contributed by atoms with E-state index in [-0.39, 0.29) is 0 Å². The Morgan fingerprint density at radius 2 is 1.72 bits per heavy atom. The molecule has 0 N–H and O–H groups in total. The number of para-hydroxylation sites is 2. The Morgan fingerprint density at radius 3 is 2.59 bits per heavy atom. The topological polar surface area (TPSA) is 73.5 Å². The third-order valence-corrected chi connectivity index (χ3v) is 4.95. The number of fused-ring (bicyclic) bond motifs is 3. The molecular formula is C22H20N4O3. The highest BCUT2D eigenvalue weighted by Crippen LogP contribution is 2.40. The van der Waals surface area contributed by atoms with Crippen LogP contribution in [0.5, 0.6) is 17.2 Å². The Labute approximate surface area is 167 Å². The summed E-state index contributed by atoms with van der Waals surface area (Å²) in [5.41, 5.74) is 3.22. The van der Waals surface area contributed by atoms with Crippen LogP contribution in [0.1, 0.15) is 22.8 Å². The minimum absolute atomic E-state index is 0.502. The van der Waals surface area contributed by atoms with E-state index in [0.717, 1.165) is 22.7 Å². The van der Waals surface area contributed by atoms with E-state index in [0.29, 0.717) is 47.5 Å². The van der Waals surface area contributed by atoms with Gasteiger partial charge in [0.2, 0.25) is 0 Å². The largest absolute Gasteiger partial charge is 0.493 e. The average Bonchev–Trinajstić information content (AvgIpc) is 3.07. The number of nitrogens with zero attached hydrogens (tertiary/aromatic N) is 4. The molecule has 0 fully saturated rings. The molecule has 0 saturated carbocycles.